The van der Waals surface area contributed by atoms with E-state index in [1.54, 1.807) is 7.11 Å². The van der Waals surface area contributed by atoms with E-state index in [1.165, 1.54) is 26.3 Å². The van der Waals surface area contributed by atoms with Crippen LogP contribution in [-0.2, 0) is 56.8 Å². The molecule has 6 heterocycles. The third kappa shape index (κ3) is 11.8. The van der Waals surface area contributed by atoms with E-state index in [9.17, 15) is 71.5 Å². The molecule has 84 heavy (non-hydrogen) atoms. The lowest BCUT2D eigenvalue weighted by molar-refractivity contribution is -0.394. The lowest BCUT2D eigenvalue weighted by atomic mass is 9.47. The predicted molar refractivity (Wildman–Crippen MR) is 285 cm³/mol. The Labute approximate surface area is 489 Å². The van der Waals surface area contributed by atoms with E-state index >= 15 is 0 Å². The molecular weight excluding hydrogens is 1110 g/mol. The maximum atomic E-state index is 12.3. The molecule has 36 atom stereocenters. The standard InChI is InChI=1S/C58H96O26/c1-22(21-74-51-43(68)41(66)38(63)33(19-59)79-51)11-16-58(73-8)23(2)35-32(84-58)18-31-29-10-9-27-17-28(12-14-56(27,6)30(29)13-15-57(31,35)7)78-55-50(83-53-45(70)40(65)37(62)25(4)76-53)47(72)49(34(20-60)80-55)82-54-46(71)42(67)48(26(5)77-54)81-52-44(69)39(64)36(61)24(3)75-52/h9,22-26,28-55,59-72H,10-21H2,1-8H3/t22-,23+,24+,25+,26+,28?,29?,30?,31?,32?,33-,34-,35?,36+,37+,38-,39-,40-,41+,42+,43-,44-,45-,46-,47+,48+,49-,50-,51-,52+,53+,54+,55-,56+,57+,58?/m1/s1. The van der Waals surface area contributed by atoms with Gasteiger partial charge >= 0.3 is 0 Å². The SMILES string of the molecule is COC1(CC[C@@H](C)CO[C@@H]2O[C@H](CO)[C@@H](O)[C@H](O)[C@H]2O)OC2CC3C4CC=C5CC(O[C@@H]6O[C@H](CO)[C@@H](O[C@@H]7O[C@@H](C)[C@H](O[C@@H]8O[C@@H](C)[C@H](O)[C@@H](O)[C@H]8O)[C@@H](O)[C@H]7O)[C@H](O)[C@H]6O[C@@H]6O[C@@H](C)[C@H](O)[C@@H](O)[C@H]6O)CC[C@]5(C)C4CC[C@]3(C)C2[C@@H]1C. The van der Waals surface area contributed by atoms with Gasteiger partial charge in [-0.1, -0.05) is 39.3 Å². The van der Waals surface area contributed by atoms with Crippen LogP contribution >= 0.6 is 0 Å². The minimum atomic E-state index is -1.88. The molecule has 0 amide bonds. The fraction of sp³-hybridized carbons (Fsp3) is 0.966. The summed E-state index contributed by atoms with van der Waals surface area (Å²) in [5.41, 5.74) is 1.09. The minimum absolute atomic E-state index is 0.000235. The highest BCUT2D eigenvalue weighted by Gasteiger charge is 2.69. The van der Waals surface area contributed by atoms with Gasteiger partial charge in [0.1, 0.15) is 104 Å². The summed E-state index contributed by atoms with van der Waals surface area (Å²) in [6.07, 6.45) is -28.2. The zero-order chi connectivity index (χ0) is 60.8. The molecule has 7 unspecified atom stereocenters. The summed E-state index contributed by atoms with van der Waals surface area (Å²) in [6.45, 7) is 12.4. The predicted octanol–water partition coefficient (Wildman–Crippen LogP) is -2.47. The molecule has 0 aromatic carbocycles. The number of allylic oxidation sites excluding steroid dienone is 1. The van der Waals surface area contributed by atoms with Crippen LogP contribution in [0.1, 0.15) is 106 Å². The quantitative estimate of drug-likeness (QED) is 0.0671. The summed E-state index contributed by atoms with van der Waals surface area (Å²) in [5.74, 6) is 0.707. The molecule has 26 nitrogen and oxygen atoms in total. The van der Waals surface area contributed by atoms with Crippen LogP contribution < -0.4 is 0 Å². The number of hydrogen-bond acceptors (Lipinski definition) is 26. The van der Waals surface area contributed by atoms with Crippen LogP contribution in [0.25, 0.3) is 0 Å². The van der Waals surface area contributed by atoms with Crippen molar-refractivity contribution in [3.63, 3.8) is 0 Å². The van der Waals surface area contributed by atoms with Crippen LogP contribution in [0.3, 0.4) is 0 Å². The molecule has 0 radical (unpaired) electrons. The van der Waals surface area contributed by atoms with Crippen LogP contribution in [-0.4, -0.2) is 270 Å². The molecule has 0 bridgehead atoms. The van der Waals surface area contributed by atoms with Gasteiger partial charge in [0, 0.05) is 19.4 Å². The minimum Gasteiger partial charge on any atom is -0.394 e. The van der Waals surface area contributed by atoms with Crippen LogP contribution in [0.4, 0.5) is 0 Å². The highest BCUT2D eigenvalue weighted by Crippen LogP contribution is 2.70. The first-order valence-corrected chi connectivity index (χ1v) is 30.5. The van der Waals surface area contributed by atoms with Gasteiger partial charge in [-0.05, 0) is 113 Å². The second kappa shape index (κ2) is 25.8. The Morgan fingerprint density at radius 2 is 1.13 bits per heavy atom. The zero-order valence-electron chi connectivity index (χ0n) is 49.3. The van der Waals surface area contributed by atoms with Crippen molar-refractivity contribution in [3.05, 3.63) is 11.6 Å². The van der Waals surface area contributed by atoms with Crippen molar-refractivity contribution < 1.29 is 128 Å². The monoisotopic (exact) mass is 1210 g/mol. The van der Waals surface area contributed by atoms with Gasteiger partial charge in [0.25, 0.3) is 0 Å². The normalized spacial score (nSPS) is 55.3. The van der Waals surface area contributed by atoms with E-state index in [1.807, 2.05) is 6.92 Å². The van der Waals surface area contributed by atoms with Crippen LogP contribution in [0.15, 0.2) is 11.6 Å². The summed E-state index contributed by atoms with van der Waals surface area (Å²) in [6, 6.07) is 0. The average Bonchev–Trinajstić information content (AvgIpc) is 1.99. The molecule has 0 aromatic rings. The molecule has 10 aliphatic rings. The van der Waals surface area contributed by atoms with Crippen LogP contribution in [0, 0.1) is 46.3 Å². The summed E-state index contributed by atoms with van der Waals surface area (Å²) < 4.78 is 73.6. The summed E-state index contributed by atoms with van der Waals surface area (Å²) in [4.78, 5) is 0. The van der Waals surface area contributed by atoms with E-state index in [0.29, 0.717) is 43.4 Å². The van der Waals surface area contributed by atoms with E-state index in [2.05, 4.69) is 26.8 Å². The number of ether oxygens (including phenoxy) is 12. The molecule has 26 heteroatoms. The van der Waals surface area contributed by atoms with Crippen molar-refractivity contribution in [1.29, 1.82) is 0 Å². The third-order valence-corrected chi connectivity index (χ3v) is 21.8. The van der Waals surface area contributed by atoms with Gasteiger partial charge in [-0.2, -0.15) is 0 Å². The number of methoxy groups -OCH3 is 1. The maximum Gasteiger partial charge on any atom is 0.187 e. The highest BCUT2D eigenvalue weighted by molar-refractivity contribution is 5.26. The van der Waals surface area contributed by atoms with Gasteiger partial charge in [0.15, 0.2) is 37.2 Å². The van der Waals surface area contributed by atoms with Crippen LogP contribution in [0.2, 0.25) is 0 Å². The first kappa shape index (κ1) is 65.6. The lowest BCUT2D eigenvalue weighted by Gasteiger charge is -2.58. The Bertz CT molecular complexity index is 2220. The van der Waals surface area contributed by atoms with Crippen molar-refractivity contribution in [1.82, 2.24) is 0 Å². The fourth-order valence-electron chi connectivity index (χ4n) is 16.7. The first-order chi connectivity index (χ1) is 39.7. The zero-order valence-corrected chi connectivity index (χ0v) is 49.3. The number of aliphatic hydroxyl groups is 14. The Kier molecular flexibility index (Phi) is 20.1. The third-order valence-electron chi connectivity index (χ3n) is 21.8. The maximum absolute atomic E-state index is 12.3. The average molecular weight is 1210 g/mol. The van der Waals surface area contributed by atoms with Crippen molar-refractivity contribution in [2.45, 2.75) is 278 Å². The largest absolute Gasteiger partial charge is 0.394 e. The molecule has 14 N–H and O–H groups in total. The lowest BCUT2D eigenvalue weighted by Crippen LogP contribution is -2.67. The molecule has 6 saturated heterocycles. The van der Waals surface area contributed by atoms with E-state index in [-0.39, 0.29) is 41.3 Å². The van der Waals surface area contributed by atoms with Crippen molar-refractivity contribution in [2.24, 2.45) is 46.3 Å². The summed E-state index contributed by atoms with van der Waals surface area (Å²) >= 11 is 0. The van der Waals surface area contributed by atoms with E-state index in [4.69, 9.17) is 56.8 Å². The van der Waals surface area contributed by atoms with Gasteiger partial charge in [0.2, 0.25) is 0 Å². The summed E-state index contributed by atoms with van der Waals surface area (Å²) in [7, 11) is 1.71. The molecule has 4 aliphatic carbocycles. The second-order valence-electron chi connectivity index (χ2n) is 26.8. The smallest absolute Gasteiger partial charge is 0.187 e. The molecule has 9 fully saturated rings. The van der Waals surface area contributed by atoms with Gasteiger partial charge in [-0.3, -0.25) is 0 Å². The molecule has 0 spiro atoms. The topological polar surface area (TPSA) is 394 Å². The van der Waals surface area contributed by atoms with Gasteiger partial charge in [-0.25, -0.2) is 0 Å². The number of hydrogen-bond donors (Lipinski definition) is 14. The molecule has 0 aromatic heterocycles. The molecular formula is C58H96O26. The highest BCUT2D eigenvalue weighted by atomic mass is 16.8. The van der Waals surface area contributed by atoms with E-state index in [0.717, 1.165) is 32.1 Å². The van der Waals surface area contributed by atoms with Gasteiger partial charge < -0.3 is 128 Å². The molecule has 6 aliphatic heterocycles. The summed E-state index contributed by atoms with van der Waals surface area (Å²) in [5, 5.41) is 150. The van der Waals surface area contributed by atoms with Crippen molar-refractivity contribution >= 4 is 0 Å². The Balaban J connectivity index is 0.792. The van der Waals surface area contributed by atoms with Crippen LogP contribution in [0.5, 0.6) is 0 Å². The Hall–Kier alpha value is -1.30. The Morgan fingerprint density at radius 1 is 0.571 bits per heavy atom. The molecule has 3 saturated carbocycles. The van der Waals surface area contributed by atoms with Gasteiger partial charge in [-0.15, -0.1) is 0 Å². The fourth-order valence-corrected chi connectivity index (χ4v) is 16.7. The van der Waals surface area contributed by atoms with E-state index < -0.39 is 179 Å². The molecule has 484 valence electrons. The number of rotatable bonds is 17. The first-order valence-electron chi connectivity index (χ1n) is 30.5. The second-order valence-corrected chi connectivity index (χ2v) is 26.8. The number of aliphatic hydroxyl groups excluding tert-OH is 14. The number of fused-ring (bicyclic) bond motifs is 7. The van der Waals surface area contributed by atoms with Crippen molar-refractivity contribution in [3.8, 4) is 0 Å². The van der Waals surface area contributed by atoms with Crippen molar-refractivity contribution in [2.75, 3.05) is 26.9 Å². The van der Waals surface area contributed by atoms with Gasteiger partial charge in [0.05, 0.1) is 50.3 Å². The molecule has 10 rings (SSSR count). The Morgan fingerprint density at radius 3 is 1.75 bits per heavy atom.